The molecule has 7 heteroatoms. The average Bonchev–Trinajstić information content (AvgIpc) is 3.25. The quantitative estimate of drug-likeness (QED) is 0.144. The summed E-state index contributed by atoms with van der Waals surface area (Å²) < 4.78 is 1.02. The third-order valence-electron chi connectivity index (χ3n) is 13.0. The molecule has 4 aliphatic rings. The van der Waals surface area contributed by atoms with Gasteiger partial charge in [-0.25, -0.2) is 0 Å². The van der Waals surface area contributed by atoms with Crippen molar-refractivity contribution in [3.8, 4) is 0 Å². The zero-order valence-corrected chi connectivity index (χ0v) is 29.2. The fourth-order valence-corrected chi connectivity index (χ4v) is 10.4. The molecule has 0 bridgehead atoms. The number of carbonyl (C=O) groups is 1. The predicted octanol–water partition coefficient (Wildman–Crippen LogP) is 2.14. The van der Waals surface area contributed by atoms with Crippen LogP contribution in [0.5, 0.6) is 0 Å². The van der Waals surface area contributed by atoms with Gasteiger partial charge in [0.2, 0.25) is 5.91 Å². The summed E-state index contributed by atoms with van der Waals surface area (Å²) in [5.41, 5.74) is -0.0898. The zero-order chi connectivity index (χ0) is 29.3. The lowest BCUT2D eigenvalue weighted by Crippen LogP contribution is -3.00. The molecule has 0 aromatic heterocycles. The van der Waals surface area contributed by atoms with Crippen molar-refractivity contribution in [2.75, 3.05) is 33.7 Å². The van der Waals surface area contributed by atoms with E-state index in [4.69, 9.17) is 0 Å². The number of aliphatic hydroxyl groups excluding tert-OH is 3. The smallest absolute Gasteiger partial charge is 0.220 e. The lowest BCUT2D eigenvalue weighted by molar-refractivity contribution is -0.890. The summed E-state index contributed by atoms with van der Waals surface area (Å²) in [6.07, 6.45) is 11.7. The van der Waals surface area contributed by atoms with E-state index in [0.29, 0.717) is 36.0 Å². The van der Waals surface area contributed by atoms with E-state index in [1.54, 1.807) is 0 Å². The molecule has 240 valence electrons. The first-order valence-electron chi connectivity index (χ1n) is 17.0. The maximum atomic E-state index is 12.7. The molecule has 4 aliphatic carbocycles. The Morgan fingerprint density at radius 2 is 1.68 bits per heavy atom. The highest BCUT2D eigenvalue weighted by Gasteiger charge is 2.65. The molecule has 4 fully saturated rings. The number of hydrogen-bond acceptors (Lipinski definition) is 4. The molecule has 41 heavy (non-hydrogen) atoms. The van der Waals surface area contributed by atoms with Crippen LogP contribution < -0.4 is 29.3 Å². The van der Waals surface area contributed by atoms with Crippen LogP contribution >= 0.6 is 0 Å². The second-order valence-electron chi connectivity index (χ2n) is 15.8. The zero-order valence-electron chi connectivity index (χ0n) is 27.1. The molecule has 1 amide bonds. The third kappa shape index (κ3) is 7.48. The SMILES string of the molecule is CCCCC[N+](C)(C)CCCNC(=O)CC[C@@H](C)[C@H]1CCC2C3C(C[C@H](O)[C@@]21C)[C@@]1(C)CC[C@@H](O)CC1C[C@H]3O.[I-]. The highest BCUT2D eigenvalue weighted by atomic mass is 127. The maximum Gasteiger partial charge on any atom is 0.220 e. The number of halogens is 1. The molecular formula is C34H63IN2O4. The Labute approximate surface area is 268 Å². The molecule has 0 spiro atoms. The van der Waals surface area contributed by atoms with E-state index in [1.165, 1.54) is 25.8 Å². The Balaban J connectivity index is 0.00000462. The van der Waals surface area contributed by atoms with Gasteiger partial charge in [-0.3, -0.25) is 4.79 Å². The van der Waals surface area contributed by atoms with Crippen LogP contribution in [-0.2, 0) is 4.79 Å². The summed E-state index contributed by atoms with van der Waals surface area (Å²) in [7, 11) is 4.59. The molecular weight excluding hydrogens is 627 g/mol. The van der Waals surface area contributed by atoms with E-state index in [9.17, 15) is 20.1 Å². The molecule has 0 heterocycles. The Morgan fingerprint density at radius 3 is 2.39 bits per heavy atom. The van der Waals surface area contributed by atoms with Crippen LogP contribution in [0.3, 0.4) is 0 Å². The summed E-state index contributed by atoms with van der Waals surface area (Å²) in [6, 6.07) is 0. The van der Waals surface area contributed by atoms with Gasteiger partial charge in [0.05, 0.1) is 45.5 Å². The van der Waals surface area contributed by atoms with Crippen LogP contribution in [0.1, 0.15) is 111 Å². The molecule has 4 N–H and O–H groups in total. The lowest BCUT2D eigenvalue weighted by Gasteiger charge is -2.63. The number of amides is 1. The number of nitrogens with one attached hydrogen (secondary N) is 1. The van der Waals surface area contributed by atoms with Gasteiger partial charge in [0.1, 0.15) is 0 Å². The van der Waals surface area contributed by atoms with Crippen molar-refractivity contribution in [3.05, 3.63) is 0 Å². The Morgan fingerprint density at radius 1 is 0.976 bits per heavy atom. The number of carbonyl (C=O) groups excluding carboxylic acids is 1. The van der Waals surface area contributed by atoms with Crippen LogP contribution in [0.4, 0.5) is 0 Å². The molecule has 4 unspecified atom stereocenters. The second kappa shape index (κ2) is 14.4. The summed E-state index contributed by atoms with van der Waals surface area (Å²) in [5.74, 6) is 2.18. The van der Waals surface area contributed by atoms with Crippen LogP contribution in [0.25, 0.3) is 0 Å². The second-order valence-corrected chi connectivity index (χ2v) is 15.8. The molecule has 0 radical (unpaired) electrons. The molecule has 0 saturated heterocycles. The van der Waals surface area contributed by atoms with Crippen LogP contribution in [0.2, 0.25) is 0 Å². The first-order chi connectivity index (χ1) is 18.8. The largest absolute Gasteiger partial charge is 1.00 e. The van der Waals surface area contributed by atoms with Crippen molar-refractivity contribution in [2.24, 2.45) is 46.3 Å². The van der Waals surface area contributed by atoms with Gasteiger partial charge in [0.25, 0.3) is 0 Å². The van der Waals surface area contributed by atoms with Gasteiger partial charge in [-0.1, -0.05) is 34.1 Å². The van der Waals surface area contributed by atoms with Crippen molar-refractivity contribution >= 4 is 5.91 Å². The summed E-state index contributed by atoms with van der Waals surface area (Å²) in [4.78, 5) is 12.7. The van der Waals surface area contributed by atoms with E-state index in [0.717, 1.165) is 75.4 Å². The summed E-state index contributed by atoms with van der Waals surface area (Å²) in [5, 5.41) is 36.8. The minimum absolute atomic E-state index is 0. The number of rotatable bonds is 12. The highest BCUT2D eigenvalue weighted by Crippen LogP contribution is 2.68. The van der Waals surface area contributed by atoms with Gasteiger partial charge in [-0.15, -0.1) is 0 Å². The summed E-state index contributed by atoms with van der Waals surface area (Å²) >= 11 is 0. The van der Waals surface area contributed by atoms with Crippen molar-refractivity contribution < 1.29 is 48.6 Å². The Kier molecular flexibility index (Phi) is 12.5. The Hall–Kier alpha value is 0.0400. The number of unbranched alkanes of at least 4 members (excludes halogenated alkanes) is 2. The van der Waals surface area contributed by atoms with E-state index in [2.05, 4.69) is 47.1 Å². The number of nitrogens with zero attached hydrogens (tertiary/aromatic N) is 1. The first-order valence-corrected chi connectivity index (χ1v) is 17.0. The monoisotopic (exact) mass is 690 g/mol. The normalized spacial score (nSPS) is 41.0. The molecule has 4 saturated carbocycles. The van der Waals surface area contributed by atoms with Crippen LogP contribution in [0, 0.1) is 46.3 Å². The molecule has 0 aliphatic heterocycles. The maximum absolute atomic E-state index is 12.7. The molecule has 4 rings (SSSR count). The third-order valence-corrected chi connectivity index (χ3v) is 13.0. The first kappa shape index (κ1) is 35.5. The van der Waals surface area contributed by atoms with Crippen molar-refractivity contribution in [2.45, 2.75) is 129 Å². The number of fused-ring (bicyclic) bond motifs is 5. The van der Waals surface area contributed by atoms with E-state index >= 15 is 0 Å². The van der Waals surface area contributed by atoms with Gasteiger partial charge < -0.3 is 49.1 Å². The predicted molar refractivity (Wildman–Crippen MR) is 161 cm³/mol. The minimum atomic E-state index is -0.365. The molecule has 0 aromatic carbocycles. The number of quaternary nitrogens is 1. The topological polar surface area (TPSA) is 89.8 Å². The standard InChI is InChI=1S/C34H62N2O4.HI/c1-7-8-9-18-36(5,6)19-10-17-35-31(40)14-11-23(2)26-12-13-27-32-28(22-30(39)34(26,27)4)33(3)16-15-25(37)20-24(33)21-29(32)38;/h23-30,32,37-39H,7-22H2,1-6H3;1H/t23-,24?,25-,26-,27?,28?,29-,30+,32?,33+,34-;/m1./s1. The lowest BCUT2D eigenvalue weighted by atomic mass is 9.43. The average molecular weight is 691 g/mol. The Bertz CT molecular complexity index is 857. The fourth-order valence-electron chi connectivity index (χ4n) is 10.4. The van der Waals surface area contributed by atoms with Crippen LogP contribution in [0.15, 0.2) is 0 Å². The highest BCUT2D eigenvalue weighted by molar-refractivity contribution is 5.75. The molecule has 0 aromatic rings. The van der Waals surface area contributed by atoms with Gasteiger partial charge in [-0.2, -0.15) is 0 Å². The van der Waals surface area contributed by atoms with E-state index in [1.807, 2.05) is 0 Å². The van der Waals surface area contributed by atoms with Gasteiger partial charge >= 0.3 is 0 Å². The van der Waals surface area contributed by atoms with E-state index < -0.39 is 0 Å². The fraction of sp³-hybridized carbons (Fsp3) is 0.971. The number of aliphatic hydroxyl groups is 3. The molecule has 6 nitrogen and oxygen atoms in total. The summed E-state index contributed by atoms with van der Waals surface area (Å²) in [6.45, 7) is 12.3. The number of hydrogen-bond donors (Lipinski definition) is 4. The van der Waals surface area contributed by atoms with Gasteiger partial charge in [0.15, 0.2) is 0 Å². The van der Waals surface area contributed by atoms with Crippen molar-refractivity contribution in [3.63, 3.8) is 0 Å². The van der Waals surface area contributed by atoms with E-state index in [-0.39, 0.29) is 64.9 Å². The van der Waals surface area contributed by atoms with Gasteiger partial charge in [-0.05, 0) is 111 Å². The van der Waals surface area contributed by atoms with Crippen molar-refractivity contribution in [1.29, 1.82) is 0 Å². The molecule has 11 atom stereocenters. The van der Waals surface area contributed by atoms with Crippen LogP contribution in [-0.4, -0.2) is 77.8 Å². The minimum Gasteiger partial charge on any atom is -1.00 e. The van der Waals surface area contributed by atoms with Gasteiger partial charge in [0, 0.05) is 19.4 Å². The van der Waals surface area contributed by atoms with Crippen molar-refractivity contribution in [1.82, 2.24) is 5.32 Å².